The quantitative estimate of drug-likeness (QED) is 0.889. The zero-order valence-electron chi connectivity index (χ0n) is 11.7. The van der Waals surface area contributed by atoms with Gasteiger partial charge in [-0.05, 0) is 34.9 Å². The number of fused-ring (bicyclic) bond motifs is 2. The van der Waals surface area contributed by atoms with Crippen LogP contribution in [0.1, 0.15) is 35.6 Å². The van der Waals surface area contributed by atoms with Crippen LogP contribution >= 0.6 is 11.8 Å². The Kier molecular flexibility index (Phi) is 4.02. The maximum absolute atomic E-state index is 13.4. The summed E-state index contributed by atoms with van der Waals surface area (Å²) in [5, 5.41) is 19.7. The molecule has 0 aromatic heterocycles. The summed E-state index contributed by atoms with van der Waals surface area (Å²) in [7, 11) is 0. The van der Waals surface area contributed by atoms with E-state index >= 15 is 0 Å². The van der Waals surface area contributed by atoms with Gasteiger partial charge in [0, 0.05) is 28.7 Å². The van der Waals surface area contributed by atoms with Crippen LogP contribution in [0.5, 0.6) is 0 Å². The molecule has 2 aromatic carbocycles. The molecular formula is C17H17FO2S. The van der Waals surface area contributed by atoms with E-state index in [-0.39, 0.29) is 18.3 Å². The molecule has 0 fully saturated rings. The fraction of sp³-hybridized carbons (Fsp3) is 0.294. The van der Waals surface area contributed by atoms with Crippen molar-refractivity contribution in [3.63, 3.8) is 0 Å². The maximum Gasteiger partial charge on any atom is 0.124 e. The molecule has 1 heterocycles. The Hall–Kier alpha value is -1.36. The normalized spacial score (nSPS) is 18.6. The molecule has 3 rings (SSSR count). The van der Waals surface area contributed by atoms with Crippen molar-refractivity contribution < 1.29 is 14.6 Å². The predicted molar refractivity (Wildman–Crippen MR) is 81.1 cm³/mol. The van der Waals surface area contributed by atoms with Crippen LogP contribution in [-0.2, 0) is 6.42 Å². The lowest BCUT2D eigenvalue weighted by Gasteiger charge is -2.15. The van der Waals surface area contributed by atoms with Gasteiger partial charge in [0.2, 0.25) is 0 Å². The second-order valence-corrected chi connectivity index (χ2v) is 6.54. The lowest BCUT2D eigenvalue weighted by Crippen LogP contribution is -2.05. The number of hydrogen-bond acceptors (Lipinski definition) is 3. The number of halogens is 1. The highest BCUT2D eigenvalue weighted by atomic mass is 32.2. The molecule has 0 saturated carbocycles. The predicted octanol–water partition coefficient (Wildman–Crippen LogP) is 3.66. The summed E-state index contributed by atoms with van der Waals surface area (Å²) in [5.74, 6) is -0.222. The monoisotopic (exact) mass is 304 g/mol. The molecule has 110 valence electrons. The highest BCUT2D eigenvalue weighted by Crippen LogP contribution is 2.41. The molecule has 21 heavy (non-hydrogen) atoms. The van der Waals surface area contributed by atoms with Gasteiger partial charge in [-0.25, -0.2) is 4.39 Å². The van der Waals surface area contributed by atoms with Crippen molar-refractivity contribution in [1.82, 2.24) is 0 Å². The summed E-state index contributed by atoms with van der Waals surface area (Å²) in [4.78, 5) is 1.80. The van der Waals surface area contributed by atoms with E-state index in [4.69, 9.17) is 0 Å². The lowest BCUT2D eigenvalue weighted by atomic mass is 9.95. The van der Waals surface area contributed by atoms with Gasteiger partial charge < -0.3 is 10.2 Å². The number of rotatable bonds is 2. The second kappa shape index (κ2) is 5.79. The van der Waals surface area contributed by atoms with E-state index in [0.717, 1.165) is 26.5 Å². The first kappa shape index (κ1) is 14.6. The van der Waals surface area contributed by atoms with Crippen LogP contribution in [0.4, 0.5) is 4.39 Å². The molecule has 2 aromatic rings. The molecule has 4 heteroatoms. The number of hydrogen-bond donors (Lipinski definition) is 2. The van der Waals surface area contributed by atoms with Crippen LogP contribution < -0.4 is 0 Å². The molecule has 0 aliphatic carbocycles. The molecule has 2 unspecified atom stereocenters. The Morgan fingerprint density at radius 3 is 2.81 bits per heavy atom. The Morgan fingerprint density at radius 1 is 1.24 bits per heavy atom. The summed E-state index contributed by atoms with van der Waals surface area (Å²) in [6.45, 7) is 2.02. The Morgan fingerprint density at radius 2 is 2.05 bits per heavy atom. The van der Waals surface area contributed by atoms with E-state index in [0.29, 0.717) is 6.42 Å². The zero-order valence-corrected chi connectivity index (χ0v) is 12.5. The van der Waals surface area contributed by atoms with Crippen molar-refractivity contribution in [3.05, 3.63) is 58.9 Å². The van der Waals surface area contributed by atoms with Crippen molar-refractivity contribution >= 4 is 11.8 Å². The molecule has 1 aliphatic heterocycles. The number of benzene rings is 2. The molecule has 2 N–H and O–H groups in total. The zero-order chi connectivity index (χ0) is 15.0. The van der Waals surface area contributed by atoms with Crippen LogP contribution in [0.2, 0.25) is 0 Å². The molecule has 0 bridgehead atoms. The third-order valence-corrected chi connectivity index (χ3v) is 5.09. The first-order valence-electron chi connectivity index (χ1n) is 6.97. The third kappa shape index (κ3) is 2.84. The van der Waals surface area contributed by atoms with E-state index in [1.807, 2.05) is 25.1 Å². The fourth-order valence-corrected chi connectivity index (χ4v) is 3.70. The van der Waals surface area contributed by atoms with Gasteiger partial charge in [0.25, 0.3) is 0 Å². The molecule has 2 atom stereocenters. The van der Waals surface area contributed by atoms with Gasteiger partial charge in [-0.3, -0.25) is 0 Å². The van der Waals surface area contributed by atoms with E-state index in [1.54, 1.807) is 6.07 Å². The largest absolute Gasteiger partial charge is 0.396 e. The maximum atomic E-state index is 13.4. The van der Waals surface area contributed by atoms with Crippen LogP contribution in [0.15, 0.2) is 46.2 Å². The minimum absolute atomic E-state index is 0.0376. The molecule has 2 nitrogen and oxygen atoms in total. The van der Waals surface area contributed by atoms with Gasteiger partial charge in [-0.2, -0.15) is 0 Å². The topological polar surface area (TPSA) is 40.5 Å². The minimum Gasteiger partial charge on any atom is -0.396 e. The Labute approximate surface area is 127 Å². The second-order valence-electron chi connectivity index (χ2n) is 5.45. The highest BCUT2D eigenvalue weighted by Gasteiger charge is 2.22. The van der Waals surface area contributed by atoms with Gasteiger partial charge in [-0.1, -0.05) is 36.9 Å². The first-order chi connectivity index (χ1) is 10.1. The van der Waals surface area contributed by atoms with E-state index in [1.165, 1.54) is 23.9 Å². The van der Waals surface area contributed by atoms with Gasteiger partial charge >= 0.3 is 0 Å². The first-order valence-corrected chi connectivity index (χ1v) is 7.79. The average Bonchev–Trinajstić information content (AvgIpc) is 2.62. The standard InChI is InChI=1S/C17H17FO2S/c1-10(9-19)11-3-5-16-14(6-11)15(20)7-12-2-4-13(18)8-17(12)21-16/h2-6,8,10,15,19-20H,7,9H2,1H3. The molecule has 1 aliphatic rings. The van der Waals surface area contributed by atoms with E-state index in [2.05, 4.69) is 0 Å². The van der Waals surface area contributed by atoms with Crippen molar-refractivity contribution in [2.24, 2.45) is 0 Å². The summed E-state index contributed by atoms with van der Waals surface area (Å²) >= 11 is 1.49. The van der Waals surface area contributed by atoms with Crippen molar-refractivity contribution in [1.29, 1.82) is 0 Å². The minimum atomic E-state index is -0.606. The smallest absolute Gasteiger partial charge is 0.124 e. The summed E-state index contributed by atoms with van der Waals surface area (Å²) in [6, 6.07) is 10.6. The fourth-order valence-electron chi connectivity index (χ4n) is 2.56. The molecule has 0 radical (unpaired) electrons. The summed E-state index contributed by atoms with van der Waals surface area (Å²) in [6.07, 6.45) is -0.128. The Balaban J connectivity index is 2.05. The van der Waals surface area contributed by atoms with Crippen molar-refractivity contribution in [3.8, 4) is 0 Å². The molecule has 0 spiro atoms. The molecule has 0 saturated heterocycles. The SMILES string of the molecule is CC(CO)c1ccc2c(c1)C(O)Cc1ccc(F)cc1S2. The average molecular weight is 304 g/mol. The number of aliphatic hydroxyl groups is 2. The van der Waals surface area contributed by atoms with Gasteiger partial charge in [0.1, 0.15) is 5.82 Å². The third-order valence-electron chi connectivity index (χ3n) is 3.90. The Bertz CT molecular complexity index is 672. The summed E-state index contributed by atoms with van der Waals surface area (Å²) < 4.78 is 13.4. The molecular weight excluding hydrogens is 287 g/mol. The van der Waals surface area contributed by atoms with Crippen molar-refractivity contribution in [2.45, 2.75) is 35.2 Å². The van der Waals surface area contributed by atoms with Crippen LogP contribution in [0.25, 0.3) is 0 Å². The number of aliphatic hydroxyl groups excluding tert-OH is 2. The van der Waals surface area contributed by atoms with Crippen LogP contribution in [0, 0.1) is 5.82 Å². The van der Waals surface area contributed by atoms with Crippen molar-refractivity contribution in [2.75, 3.05) is 6.61 Å². The van der Waals surface area contributed by atoms with Crippen LogP contribution in [-0.4, -0.2) is 16.8 Å². The van der Waals surface area contributed by atoms with E-state index in [9.17, 15) is 14.6 Å². The molecule has 0 amide bonds. The lowest BCUT2D eigenvalue weighted by molar-refractivity contribution is 0.175. The van der Waals surface area contributed by atoms with Crippen LogP contribution in [0.3, 0.4) is 0 Å². The van der Waals surface area contributed by atoms with Gasteiger partial charge in [0.15, 0.2) is 0 Å². The van der Waals surface area contributed by atoms with E-state index < -0.39 is 6.10 Å². The van der Waals surface area contributed by atoms with Gasteiger partial charge in [0.05, 0.1) is 6.10 Å². The highest BCUT2D eigenvalue weighted by molar-refractivity contribution is 7.99. The summed E-state index contributed by atoms with van der Waals surface area (Å²) in [5.41, 5.74) is 2.82. The van der Waals surface area contributed by atoms with Gasteiger partial charge in [-0.15, -0.1) is 0 Å².